The molecule has 0 saturated heterocycles. The van der Waals surface area contributed by atoms with Crippen LogP contribution in [-0.4, -0.2) is 13.6 Å². The molecule has 1 nitrogen and oxygen atoms in total. The predicted molar refractivity (Wildman–Crippen MR) is 54.7 cm³/mol. The predicted octanol–water partition coefficient (Wildman–Crippen LogP) is 4.58. The quantitative estimate of drug-likeness (QED) is 0.539. The minimum absolute atomic E-state index is 0.0269. The van der Waals surface area contributed by atoms with Gasteiger partial charge in [0, 0.05) is 0 Å². The van der Waals surface area contributed by atoms with E-state index in [0.717, 1.165) is 0 Å². The molecule has 15 heavy (non-hydrogen) atoms. The van der Waals surface area contributed by atoms with E-state index >= 15 is 0 Å². The molecule has 0 amide bonds. The van der Waals surface area contributed by atoms with Crippen molar-refractivity contribution >= 4 is 10.2 Å². The first-order valence-electron chi connectivity index (χ1n) is 4.53. The lowest BCUT2D eigenvalue weighted by atomic mass is 10.2. The van der Waals surface area contributed by atoms with Crippen LogP contribution >= 0.6 is 10.2 Å². The van der Waals surface area contributed by atoms with Gasteiger partial charge in [-0.25, -0.2) is 0 Å². The molecule has 0 unspecified atom stereocenters. The van der Waals surface area contributed by atoms with Gasteiger partial charge in [0.2, 0.25) is 0 Å². The maximum Gasteiger partial charge on any atom is 0.306 e. The highest BCUT2D eigenvalue weighted by atomic mass is 32.5. The Hall–Kier alpha value is -0.300. The van der Waals surface area contributed by atoms with Crippen LogP contribution in [0, 0.1) is 0 Å². The molecule has 94 valence electrons. The van der Waals surface area contributed by atoms with E-state index in [2.05, 4.69) is 5.32 Å². The number of halogens is 5. The van der Waals surface area contributed by atoms with E-state index in [-0.39, 0.29) is 6.42 Å². The fourth-order valence-corrected chi connectivity index (χ4v) is 1.34. The normalized spacial score (nSPS) is 18.5. The average Bonchev–Trinajstić information content (AvgIpc) is 1.99. The molecular weight excluding hydrogens is 237 g/mol. The number of nitrogens with one attached hydrogen (secondary N) is 1. The zero-order valence-electron chi connectivity index (χ0n) is 8.70. The Bertz CT molecular complexity index is 241. The van der Waals surface area contributed by atoms with Crippen molar-refractivity contribution in [3.05, 3.63) is 11.0 Å². The molecule has 0 saturated carbocycles. The maximum atomic E-state index is 12.1. The standard InChI is InChI=1S/C8H16F5NS/c1-8(15(9,10,11,12)13)6-4-3-5-7-14-2/h6,14H,3-5,7H2,1-2H3/b8-6+. The van der Waals surface area contributed by atoms with Gasteiger partial charge < -0.3 is 5.32 Å². The van der Waals surface area contributed by atoms with Crippen LogP contribution in [0.15, 0.2) is 11.0 Å². The largest absolute Gasteiger partial charge is 0.320 e. The van der Waals surface area contributed by atoms with Crippen molar-refractivity contribution in [3.63, 3.8) is 0 Å². The van der Waals surface area contributed by atoms with E-state index in [1.807, 2.05) is 0 Å². The molecule has 7 heteroatoms. The van der Waals surface area contributed by atoms with Crippen LogP contribution in [0.4, 0.5) is 19.4 Å². The van der Waals surface area contributed by atoms with Crippen LogP contribution in [0.1, 0.15) is 26.2 Å². The van der Waals surface area contributed by atoms with Crippen molar-refractivity contribution in [1.82, 2.24) is 5.32 Å². The van der Waals surface area contributed by atoms with Crippen molar-refractivity contribution in [2.24, 2.45) is 0 Å². The van der Waals surface area contributed by atoms with Gasteiger partial charge in [-0.2, -0.15) is 0 Å². The molecule has 0 aliphatic carbocycles. The first-order valence-corrected chi connectivity index (χ1v) is 6.48. The Morgan fingerprint density at radius 3 is 2.07 bits per heavy atom. The highest BCUT2D eigenvalue weighted by Gasteiger charge is 2.65. The Kier molecular flexibility index (Phi) is 3.86. The Morgan fingerprint density at radius 1 is 1.13 bits per heavy atom. The van der Waals surface area contributed by atoms with E-state index in [0.29, 0.717) is 32.4 Å². The molecule has 0 aromatic rings. The molecule has 1 N–H and O–H groups in total. The van der Waals surface area contributed by atoms with Gasteiger partial charge in [0.1, 0.15) is 0 Å². The lowest BCUT2D eigenvalue weighted by molar-refractivity contribution is 0.378. The second kappa shape index (κ2) is 3.93. The summed E-state index contributed by atoms with van der Waals surface area (Å²) in [5.41, 5.74) is 0. The molecule has 0 heterocycles. The van der Waals surface area contributed by atoms with E-state index in [1.165, 1.54) is 0 Å². The van der Waals surface area contributed by atoms with Crippen LogP contribution in [-0.2, 0) is 0 Å². The minimum atomic E-state index is -9.38. The lowest BCUT2D eigenvalue weighted by Gasteiger charge is -2.41. The molecule has 0 fully saturated rings. The molecule has 0 rings (SSSR count). The number of allylic oxidation sites excluding steroid dienone is 2. The second-order valence-electron chi connectivity index (χ2n) is 3.38. The fourth-order valence-electron chi connectivity index (χ4n) is 0.909. The first kappa shape index (κ1) is 14.7. The number of unbranched alkanes of at least 4 members (excludes halogenated alkanes) is 2. The van der Waals surface area contributed by atoms with Crippen molar-refractivity contribution in [1.29, 1.82) is 0 Å². The summed E-state index contributed by atoms with van der Waals surface area (Å²) in [7, 11) is -7.66. The molecular formula is C8H16F5NS. The summed E-state index contributed by atoms with van der Waals surface area (Å²) >= 11 is 0. The highest BCUT2D eigenvalue weighted by molar-refractivity contribution is 8.48. The van der Waals surface area contributed by atoms with Crippen LogP contribution in [0.2, 0.25) is 0 Å². The van der Waals surface area contributed by atoms with Crippen molar-refractivity contribution in [3.8, 4) is 0 Å². The SMILES string of the molecule is CNCCCC/C=C(\C)S(F)(F)(F)(F)F. The summed E-state index contributed by atoms with van der Waals surface area (Å²) in [4.78, 5) is -1.74. The first-order chi connectivity index (χ1) is 6.47. The number of hydrogen-bond acceptors (Lipinski definition) is 1. The summed E-state index contributed by atoms with van der Waals surface area (Å²) in [5, 5.41) is 2.82. The zero-order chi connectivity index (χ0) is 12.2. The number of hydrogen-bond donors (Lipinski definition) is 1. The van der Waals surface area contributed by atoms with Crippen molar-refractivity contribution in [2.75, 3.05) is 13.6 Å². The Morgan fingerprint density at radius 2 is 1.67 bits per heavy atom. The molecule has 0 radical (unpaired) electrons. The van der Waals surface area contributed by atoms with Crippen molar-refractivity contribution < 1.29 is 19.4 Å². The molecule has 0 bridgehead atoms. The monoisotopic (exact) mass is 253 g/mol. The van der Waals surface area contributed by atoms with Gasteiger partial charge in [0.25, 0.3) is 0 Å². The topological polar surface area (TPSA) is 12.0 Å². The summed E-state index contributed by atoms with van der Waals surface area (Å²) in [5.74, 6) is 0. The highest BCUT2D eigenvalue weighted by Crippen LogP contribution is 3.02. The van der Waals surface area contributed by atoms with E-state index < -0.39 is 15.1 Å². The molecule has 0 aliphatic heterocycles. The van der Waals surface area contributed by atoms with Gasteiger partial charge in [-0.05, 0) is 39.8 Å². The molecule has 0 aromatic heterocycles. The van der Waals surface area contributed by atoms with Crippen LogP contribution in [0.25, 0.3) is 0 Å². The molecule has 0 atom stereocenters. The van der Waals surface area contributed by atoms with E-state index in [4.69, 9.17) is 0 Å². The molecule has 0 aromatic carbocycles. The molecule has 0 spiro atoms. The third-order valence-electron chi connectivity index (χ3n) is 1.92. The summed E-state index contributed by atoms with van der Waals surface area (Å²) in [6.07, 6.45) is 1.74. The minimum Gasteiger partial charge on any atom is -0.320 e. The van der Waals surface area contributed by atoms with Gasteiger partial charge in [0.15, 0.2) is 0 Å². The van der Waals surface area contributed by atoms with E-state index in [1.54, 1.807) is 7.05 Å². The Labute approximate surface area is 86.5 Å². The van der Waals surface area contributed by atoms with Gasteiger partial charge in [-0.3, -0.25) is 0 Å². The van der Waals surface area contributed by atoms with Gasteiger partial charge >= 0.3 is 10.2 Å². The average molecular weight is 253 g/mol. The van der Waals surface area contributed by atoms with E-state index in [9.17, 15) is 19.4 Å². The Balaban J connectivity index is 4.24. The van der Waals surface area contributed by atoms with Crippen molar-refractivity contribution in [2.45, 2.75) is 26.2 Å². The van der Waals surface area contributed by atoms with Crippen LogP contribution in [0.5, 0.6) is 0 Å². The van der Waals surface area contributed by atoms with Crippen LogP contribution < -0.4 is 5.32 Å². The molecule has 0 aliphatic rings. The fraction of sp³-hybridized carbons (Fsp3) is 0.750. The third-order valence-corrected chi connectivity index (χ3v) is 3.30. The summed E-state index contributed by atoms with van der Waals surface area (Å²) in [6.45, 7) is 1.10. The maximum absolute atomic E-state index is 12.1. The van der Waals surface area contributed by atoms with Crippen LogP contribution in [0.3, 0.4) is 0 Å². The summed E-state index contributed by atoms with van der Waals surface area (Å²) < 4.78 is 60.5. The van der Waals surface area contributed by atoms with Gasteiger partial charge in [-0.1, -0.05) is 25.5 Å². The van der Waals surface area contributed by atoms with Gasteiger partial charge in [0.05, 0.1) is 4.91 Å². The lowest BCUT2D eigenvalue weighted by Crippen LogP contribution is -2.07. The summed E-state index contributed by atoms with van der Waals surface area (Å²) in [6, 6.07) is 0. The zero-order valence-corrected chi connectivity index (χ0v) is 9.52. The number of rotatable bonds is 6. The smallest absolute Gasteiger partial charge is 0.306 e. The second-order valence-corrected chi connectivity index (χ2v) is 5.96. The van der Waals surface area contributed by atoms with Gasteiger partial charge in [-0.15, -0.1) is 0 Å². The third kappa shape index (κ3) is 6.72.